The zero-order chi connectivity index (χ0) is 17.1. The van der Waals surface area contributed by atoms with E-state index in [0.29, 0.717) is 30.5 Å². The molecule has 1 amide bonds. The lowest BCUT2D eigenvalue weighted by atomic mass is 10.2. The van der Waals surface area contributed by atoms with Gasteiger partial charge in [0.2, 0.25) is 0 Å². The van der Waals surface area contributed by atoms with E-state index in [9.17, 15) is 9.59 Å². The lowest BCUT2D eigenvalue weighted by Crippen LogP contribution is -2.13. The standard InChI is InChI=1S/C14H16N6O4/c1-8(2)13-15-9(7-23-13)12(21)16-10-3-5-20(18-10)6-4-11-17-14(22)24-19-11/h3,5,7-8H,4,6H2,1-2H3,(H,16,18,21)(H,17,19,22). The fraction of sp³-hybridized carbons (Fsp3) is 0.357. The van der Waals surface area contributed by atoms with E-state index in [0.717, 1.165) is 0 Å². The number of nitrogens with zero attached hydrogens (tertiary/aromatic N) is 4. The highest BCUT2D eigenvalue weighted by Crippen LogP contribution is 2.14. The van der Waals surface area contributed by atoms with Crippen LogP contribution in [0.3, 0.4) is 0 Å². The van der Waals surface area contributed by atoms with Crippen molar-refractivity contribution < 1.29 is 13.7 Å². The van der Waals surface area contributed by atoms with Crippen LogP contribution in [0.4, 0.5) is 5.82 Å². The molecule has 0 saturated heterocycles. The minimum absolute atomic E-state index is 0.105. The molecule has 0 atom stereocenters. The average Bonchev–Trinajstić information content (AvgIpc) is 3.25. The van der Waals surface area contributed by atoms with E-state index in [4.69, 9.17) is 4.42 Å². The topological polar surface area (TPSA) is 132 Å². The molecule has 0 aliphatic heterocycles. The number of amides is 1. The quantitative estimate of drug-likeness (QED) is 0.692. The minimum Gasteiger partial charge on any atom is -0.448 e. The van der Waals surface area contributed by atoms with Crippen LogP contribution < -0.4 is 11.1 Å². The molecule has 3 rings (SSSR count). The third kappa shape index (κ3) is 3.59. The average molecular weight is 332 g/mol. The summed E-state index contributed by atoms with van der Waals surface area (Å²) in [5.41, 5.74) is 0.202. The number of hydrogen-bond acceptors (Lipinski definition) is 7. The second-order valence-electron chi connectivity index (χ2n) is 5.44. The van der Waals surface area contributed by atoms with E-state index in [1.165, 1.54) is 6.26 Å². The van der Waals surface area contributed by atoms with Gasteiger partial charge in [0.1, 0.15) is 6.26 Å². The summed E-state index contributed by atoms with van der Waals surface area (Å²) in [4.78, 5) is 29.5. The number of hydrogen-bond donors (Lipinski definition) is 2. The third-order valence-electron chi connectivity index (χ3n) is 3.19. The second kappa shape index (κ2) is 6.52. The molecule has 0 aliphatic carbocycles. The van der Waals surface area contributed by atoms with Gasteiger partial charge >= 0.3 is 5.76 Å². The van der Waals surface area contributed by atoms with Gasteiger partial charge in [0.05, 0.1) is 0 Å². The maximum atomic E-state index is 12.1. The van der Waals surface area contributed by atoms with Crippen molar-refractivity contribution in [2.24, 2.45) is 0 Å². The monoisotopic (exact) mass is 332 g/mol. The first-order chi connectivity index (χ1) is 11.5. The highest BCUT2D eigenvalue weighted by molar-refractivity contribution is 6.02. The lowest BCUT2D eigenvalue weighted by molar-refractivity contribution is 0.102. The normalized spacial score (nSPS) is 11.1. The molecule has 126 valence electrons. The molecule has 3 aromatic heterocycles. The van der Waals surface area contributed by atoms with Gasteiger partial charge in [0.25, 0.3) is 5.91 Å². The van der Waals surface area contributed by atoms with Crippen molar-refractivity contribution >= 4 is 11.7 Å². The molecule has 2 N–H and O–H groups in total. The number of carbonyl (C=O) groups is 1. The minimum atomic E-state index is -0.591. The Labute approximate surface area is 135 Å². The number of nitrogens with one attached hydrogen (secondary N) is 2. The SMILES string of the molecule is CC(C)c1nc(C(=O)Nc2ccn(CCc3noc(=O)[nH]3)n2)co1. The van der Waals surface area contributed by atoms with Crippen molar-refractivity contribution in [1.29, 1.82) is 0 Å². The van der Waals surface area contributed by atoms with E-state index in [1.54, 1.807) is 16.9 Å². The first-order valence-corrected chi connectivity index (χ1v) is 7.36. The predicted molar refractivity (Wildman–Crippen MR) is 81.6 cm³/mol. The summed E-state index contributed by atoms with van der Waals surface area (Å²) in [6, 6.07) is 1.66. The Bertz CT molecular complexity index is 887. The Morgan fingerprint density at radius 3 is 2.96 bits per heavy atom. The highest BCUT2D eigenvalue weighted by Gasteiger charge is 2.15. The molecule has 3 aromatic rings. The Hall–Kier alpha value is -3.17. The number of rotatable bonds is 6. The fourth-order valence-electron chi connectivity index (χ4n) is 1.98. The fourth-order valence-corrected chi connectivity index (χ4v) is 1.98. The lowest BCUT2D eigenvalue weighted by Gasteiger charge is -2.00. The van der Waals surface area contributed by atoms with E-state index in [-0.39, 0.29) is 11.6 Å². The largest absolute Gasteiger partial charge is 0.448 e. The van der Waals surface area contributed by atoms with Crippen molar-refractivity contribution in [3.8, 4) is 0 Å². The van der Waals surface area contributed by atoms with Crippen LogP contribution in [-0.4, -0.2) is 30.8 Å². The second-order valence-corrected chi connectivity index (χ2v) is 5.44. The molecule has 10 nitrogen and oxygen atoms in total. The number of anilines is 1. The van der Waals surface area contributed by atoms with Crippen LogP contribution >= 0.6 is 0 Å². The van der Waals surface area contributed by atoms with Gasteiger partial charge in [0.15, 0.2) is 23.2 Å². The van der Waals surface area contributed by atoms with Crippen LogP contribution in [-0.2, 0) is 13.0 Å². The number of oxazole rings is 1. The van der Waals surface area contributed by atoms with Gasteiger partial charge in [-0.05, 0) is 0 Å². The Morgan fingerprint density at radius 1 is 1.46 bits per heavy atom. The van der Waals surface area contributed by atoms with E-state index in [1.807, 2.05) is 13.8 Å². The molecule has 0 aromatic carbocycles. The molecular formula is C14H16N6O4. The molecule has 0 unspecified atom stereocenters. The smallest absolute Gasteiger partial charge is 0.438 e. The van der Waals surface area contributed by atoms with Crippen LogP contribution in [0.15, 0.2) is 32.3 Å². The van der Waals surface area contributed by atoms with Gasteiger partial charge in [-0.3, -0.25) is 19.0 Å². The summed E-state index contributed by atoms with van der Waals surface area (Å²) in [6.45, 7) is 4.33. The van der Waals surface area contributed by atoms with Crippen LogP contribution in [0.5, 0.6) is 0 Å². The number of H-pyrrole nitrogens is 1. The van der Waals surface area contributed by atoms with Crippen LogP contribution in [0, 0.1) is 0 Å². The maximum Gasteiger partial charge on any atom is 0.438 e. The highest BCUT2D eigenvalue weighted by atomic mass is 16.5. The summed E-state index contributed by atoms with van der Waals surface area (Å²) >= 11 is 0. The van der Waals surface area contributed by atoms with Crippen molar-refractivity contribution in [2.75, 3.05) is 5.32 Å². The summed E-state index contributed by atoms with van der Waals surface area (Å²) in [7, 11) is 0. The summed E-state index contributed by atoms with van der Waals surface area (Å²) in [6.07, 6.45) is 3.47. The van der Waals surface area contributed by atoms with Crippen molar-refractivity contribution in [3.05, 3.63) is 46.5 Å². The molecule has 0 saturated carbocycles. The van der Waals surface area contributed by atoms with Gasteiger partial charge in [-0.15, -0.1) is 0 Å². The molecule has 0 spiro atoms. The first kappa shape index (κ1) is 15.7. The van der Waals surface area contributed by atoms with Crippen LogP contribution in [0.2, 0.25) is 0 Å². The zero-order valence-corrected chi connectivity index (χ0v) is 13.1. The van der Waals surface area contributed by atoms with Crippen molar-refractivity contribution in [1.82, 2.24) is 24.9 Å². The molecule has 0 aliphatic rings. The molecule has 3 heterocycles. The summed E-state index contributed by atoms with van der Waals surface area (Å²) < 4.78 is 11.3. The summed E-state index contributed by atoms with van der Waals surface area (Å²) in [5.74, 6) is 0.456. The third-order valence-corrected chi connectivity index (χ3v) is 3.19. The Kier molecular flexibility index (Phi) is 4.27. The number of carbonyl (C=O) groups excluding carboxylic acids is 1. The van der Waals surface area contributed by atoms with E-state index < -0.39 is 11.7 Å². The van der Waals surface area contributed by atoms with E-state index in [2.05, 4.69) is 30.1 Å². The Morgan fingerprint density at radius 2 is 2.29 bits per heavy atom. The molecule has 0 fully saturated rings. The van der Waals surface area contributed by atoms with Gasteiger partial charge in [-0.2, -0.15) is 5.10 Å². The molecule has 10 heteroatoms. The van der Waals surface area contributed by atoms with Crippen molar-refractivity contribution in [3.63, 3.8) is 0 Å². The van der Waals surface area contributed by atoms with Gasteiger partial charge < -0.3 is 9.73 Å². The summed E-state index contributed by atoms with van der Waals surface area (Å²) in [5, 5.41) is 10.4. The Balaban J connectivity index is 1.58. The number of aromatic amines is 1. The zero-order valence-electron chi connectivity index (χ0n) is 13.1. The van der Waals surface area contributed by atoms with Gasteiger partial charge in [-0.1, -0.05) is 19.0 Å². The number of aromatic nitrogens is 5. The predicted octanol–water partition coefficient (Wildman–Crippen LogP) is 1.17. The molecular weight excluding hydrogens is 316 g/mol. The van der Waals surface area contributed by atoms with Gasteiger partial charge in [0, 0.05) is 31.1 Å². The van der Waals surface area contributed by atoms with Crippen LogP contribution in [0.25, 0.3) is 0 Å². The van der Waals surface area contributed by atoms with Gasteiger partial charge in [-0.25, -0.2) is 9.78 Å². The maximum absolute atomic E-state index is 12.1. The van der Waals surface area contributed by atoms with Crippen LogP contribution in [0.1, 0.15) is 42.0 Å². The van der Waals surface area contributed by atoms with E-state index >= 15 is 0 Å². The van der Waals surface area contributed by atoms with Crippen molar-refractivity contribution in [2.45, 2.75) is 32.7 Å². The number of aryl methyl sites for hydroxylation is 2. The molecule has 0 bridgehead atoms. The molecule has 0 radical (unpaired) electrons. The molecule has 24 heavy (non-hydrogen) atoms. The first-order valence-electron chi connectivity index (χ1n) is 7.36.